The molecule has 10 heteroatoms. The van der Waals surface area contributed by atoms with E-state index in [-0.39, 0.29) is 96.4 Å². The lowest BCUT2D eigenvalue weighted by atomic mass is 9.91. The molecule has 68 heavy (non-hydrogen) atoms. The van der Waals surface area contributed by atoms with Gasteiger partial charge in [0, 0.05) is 11.1 Å². The van der Waals surface area contributed by atoms with E-state index >= 15 is 0 Å². The second-order valence-electron chi connectivity index (χ2n) is 15.5. The van der Waals surface area contributed by atoms with E-state index in [1.54, 1.807) is 12.1 Å². The van der Waals surface area contributed by atoms with Gasteiger partial charge in [-0.25, -0.2) is 9.59 Å². The maximum Gasteiger partial charge on any atom is 0.338 e. The number of rotatable bonds is 21. The highest BCUT2D eigenvalue weighted by Crippen LogP contribution is 2.55. The average molecular weight is 907 g/mol. The Morgan fingerprint density at radius 2 is 0.529 bits per heavy atom. The van der Waals surface area contributed by atoms with Gasteiger partial charge in [0.2, 0.25) is 11.5 Å². The van der Waals surface area contributed by atoms with Crippen LogP contribution in [0.1, 0.15) is 54.1 Å². The first-order valence-corrected chi connectivity index (χ1v) is 22.1. The van der Waals surface area contributed by atoms with Crippen molar-refractivity contribution in [3.05, 3.63) is 239 Å². The lowest BCUT2D eigenvalue weighted by molar-refractivity contribution is 0.0588. The van der Waals surface area contributed by atoms with Gasteiger partial charge < -0.3 is 37.9 Å². The first-order chi connectivity index (χ1) is 33.5. The highest BCUT2D eigenvalue weighted by atomic mass is 16.6. The molecule has 8 rings (SSSR count). The van der Waals surface area contributed by atoms with Crippen LogP contribution in [0.25, 0.3) is 11.1 Å². The van der Waals surface area contributed by atoms with Crippen LogP contribution >= 0.6 is 0 Å². The first-order valence-electron chi connectivity index (χ1n) is 22.1. The van der Waals surface area contributed by atoms with Crippen LogP contribution in [0.3, 0.4) is 0 Å². The van der Waals surface area contributed by atoms with E-state index in [1.165, 1.54) is 14.2 Å². The molecule has 0 aliphatic rings. The van der Waals surface area contributed by atoms with Gasteiger partial charge >= 0.3 is 11.9 Å². The average Bonchev–Trinajstić information content (AvgIpc) is 3.40. The summed E-state index contributed by atoms with van der Waals surface area (Å²) in [5.74, 6) is -0.698. The van der Waals surface area contributed by atoms with Crippen LogP contribution in [0.4, 0.5) is 0 Å². The minimum atomic E-state index is -0.760. The molecule has 0 radical (unpaired) electrons. The van der Waals surface area contributed by atoms with Gasteiger partial charge in [0.1, 0.15) is 39.6 Å². The molecular weight excluding hydrogens is 857 g/mol. The Labute approximate surface area is 396 Å². The van der Waals surface area contributed by atoms with Crippen molar-refractivity contribution in [3.8, 4) is 45.6 Å². The van der Waals surface area contributed by atoms with Gasteiger partial charge in [-0.3, -0.25) is 0 Å². The molecule has 0 spiro atoms. The topological polar surface area (TPSA) is 108 Å². The van der Waals surface area contributed by atoms with Crippen LogP contribution in [0, 0.1) is 0 Å². The predicted octanol–water partition coefficient (Wildman–Crippen LogP) is 12.4. The third-order valence-electron chi connectivity index (χ3n) is 10.8. The Balaban J connectivity index is 1.44. The Morgan fingerprint density at radius 3 is 0.765 bits per heavy atom. The normalized spacial score (nSPS) is 10.7. The number of hydrogen-bond acceptors (Lipinski definition) is 10. The van der Waals surface area contributed by atoms with E-state index in [1.807, 2.05) is 182 Å². The van der Waals surface area contributed by atoms with Crippen LogP contribution in [0.15, 0.2) is 194 Å². The van der Waals surface area contributed by atoms with Crippen LogP contribution in [-0.2, 0) is 49.1 Å². The summed E-state index contributed by atoms with van der Waals surface area (Å²) in [7, 11) is 2.56. The molecule has 0 N–H and O–H groups in total. The molecule has 0 saturated carbocycles. The molecule has 0 fully saturated rings. The lowest BCUT2D eigenvalue weighted by Gasteiger charge is -2.26. The third-order valence-corrected chi connectivity index (χ3v) is 10.8. The van der Waals surface area contributed by atoms with Gasteiger partial charge in [-0.2, -0.15) is 0 Å². The fourth-order valence-corrected chi connectivity index (χ4v) is 7.42. The van der Waals surface area contributed by atoms with Crippen molar-refractivity contribution in [1.82, 2.24) is 0 Å². The molecule has 10 nitrogen and oxygen atoms in total. The summed E-state index contributed by atoms with van der Waals surface area (Å²) in [4.78, 5) is 29.1. The van der Waals surface area contributed by atoms with Crippen LogP contribution in [0.5, 0.6) is 34.5 Å². The third kappa shape index (κ3) is 11.7. The summed E-state index contributed by atoms with van der Waals surface area (Å²) in [5.41, 5.74) is 5.23. The molecule has 0 aromatic heterocycles. The zero-order valence-electron chi connectivity index (χ0n) is 37.8. The summed E-state index contributed by atoms with van der Waals surface area (Å²) < 4.78 is 51.7. The number of esters is 2. The Bertz CT molecular complexity index is 2680. The molecule has 8 aromatic carbocycles. The molecule has 0 unspecified atom stereocenters. The van der Waals surface area contributed by atoms with Gasteiger partial charge in [-0.15, -0.1) is 0 Å². The zero-order chi connectivity index (χ0) is 46.9. The van der Waals surface area contributed by atoms with E-state index in [0.717, 1.165) is 33.4 Å². The van der Waals surface area contributed by atoms with Crippen molar-refractivity contribution >= 4 is 11.9 Å². The number of benzene rings is 8. The predicted molar refractivity (Wildman–Crippen MR) is 259 cm³/mol. The van der Waals surface area contributed by atoms with Crippen molar-refractivity contribution < 1.29 is 47.5 Å². The smallest absolute Gasteiger partial charge is 0.338 e. The quantitative estimate of drug-likeness (QED) is 0.0647. The first kappa shape index (κ1) is 46.0. The number of hydrogen-bond donors (Lipinski definition) is 0. The van der Waals surface area contributed by atoms with Crippen molar-refractivity contribution in [1.29, 1.82) is 0 Å². The van der Waals surface area contributed by atoms with Gasteiger partial charge in [0.15, 0.2) is 23.0 Å². The van der Waals surface area contributed by atoms with Crippen molar-refractivity contribution in [3.63, 3.8) is 0 Å². The fourth-order valence-electron chi connectivity index (χ4n) is 7.42. The summed E-state index contributed by atoms with van der Waals surface area (Å²) >= 11 is 0. The molecule has 0 amide bonds. The van der Waals surface area contributed by atoms with E-state index < -0.39 is 11.9 Å². The maximum absolute atomic E-state index is 14.5. The molecule has 342 valence electrons. The molecule has 0 aliphatic carbocycles. The van der Waals surface area contributed by atoms with E-state index in [9.17, 15) is 9.59 Å². The monoisotopic (exact) mass is 906 g/mol. The summed E-state index contributed by atoms with van der Waals surface area (Å²) in [6.07, 6.45) is 0. The van der Waals surface area contributed by atoms with E-state index in [0.29, 0.717) is 0 Å². The fraction of sp³-hybridized carbons (Fsp3) is 0.138. The molecule has 0 heterocycles. The highest BCUT2D eigenvalue weighted by molar-refractivity contribution is 6.08. The SMILES string of the molecule is COC(=O)c1cc(OCc2ccccc2)c(OCc2ccccc2)c(OCc2ccccc2)c1-c1c(C(=O)OC)cc(OCc2ccccc2)c(OCc2ccccc2)c1OCc1ccccc1. The lowest BCUT2D eigenvalue weighted by Crippen LogP contribution is -2.14. The van der Waals surface area contributed by atoms with Crippen LogP contribution in [-0.4, -0.2) is 26.2 Å². The molecule has 0 atom stereocenters. The number of methoxy groups -OCH3 is 2. The van der Waals surface area contributed by atoms with E-state index in [4.69, 9.17) is 37.9 Å². The number of carbonyl (C=O) groups is 2. The Kier molecular flexibility index (Phi) is 15.6. The zero-order valence-corrected chi connectivity index (χ0v) is 37.8. The molecule has 8 aromatic rings. The van der Waals surface area contributed by atoms with Crippen molar-refractivity contribution in [2.75, 3.05) is 14.2 Å². The summed E-state index contributed by atoms with van der Waals surface area (Å²) in [6, 6.07) is 60.7. The summed E-state index contributed by atoms with van der Waals surface area (Å²) in [6.45, 7) is 0.429. The Morgan fingerprint density at radius 1 is 0.309 bits per heavy atom. The standard InChI is InChI=1S/C58H50O10/c1-61-57(59)47-33-49(63-35-41-21-9-3-10-22-41)53(65-37-43-25-13-5-14-26-43)55(67-39-45-29-17-7-18-30-45)51(47)52-48(58(60)62-2)34-50(64-36-42-23-11-4-12-24-42)54(66-38-44-27-15-6-16-28-44)56(52)68-40-46-31-19-8-20-32-46/h3-34H,35-40H2,1-2H3. The maximum atomic E-state index is 14.5. The molecular formula is C58H50O10. The largest absolute Gasteiger partial charge is 0.485 e. The second-order valence-corrected chi connectivity index (χ2v) is 15.5. The van der Waals surface area contributed by atoms with Gasteiger partial charge in [-0.05, 0) is 45.5 Å². The number of ether oxygens (including phenoxy) is 8. The van der Waals surface area contributed by atoms with Crippen LogP contribution < -0.4 is 28.4 Å². The van der Waals surface area contributed by atoms with Crippen molar-refractivity contribution in [2.45, 2.75) is 39.6 Å². The van der Waals surface area contributed by atoms with Gasteiger partial charge in [0.05, 0.1) is 25.3 Å². The van der Waals surface area contributed by atoms with Crippen LogP contribution in [0.2, 0.25) is 0 Å². The van der Waals surface area contributed by atoms with Crippen molar-refractivity contribution in [2.24, 2.45) is 0 Å². The molecule has 0 saturated heterocycles. The summed E-state index contributed by atoms with van der Waals surface area (Å²) in [5, 5.41) is 0. The minimum Gasteiger partial charge on any atom is -0.485 e. The minimum absolute atomic E-state index is 0.0156. The van der Waals surface area contributed by atoms with Gasteiger partial charge in [0.25, 0.3) is 0 Å². The van der Waals surface area contributed by atoms with E-state index in [2.05, 4.69) is 0 Å². The van der Waals surface area contributed by atoms with Gasteiger partial charge in [-0.1, -0.05) is 182 Å². The highest BCUT2D eigenvalue weighted by Gasteiger charge is 2.36. The molecule has 0 bridgehead atoms. The molecule has 0 aliphatic heterocycles. The Hall–Kier alpha value is -8.50. The second kappa shape index (κ2) is 23.1. The number of carbonyl (C=O) groups excluding carboxylic acids is 2.